The number of carbonyl (C=O) groups excluding carboxylic acids is 1. The largest absolute Gasteiger partial charge is 0.481 e. The molecule has 2 bridgehead atoms. The number of aliphatic carboxylic acids is 1. The number of nitrogens with zero attached hydrogens (tertiary/aromatic N) is 1. The first kappa shape index (κ1) is 13.8. The van der Waals surface area contributed by atoms with Gasteiger partial charge in [-0.3, -0.25) is 14.6 Å². The summed E-state index contributed by atoms with van der Waals surface area (Å²) in [5.41, 5.74) is 1.10. The molecule has 1 aromatic rings. The summed E-state index contributed by atoms with van der Waals surface area (Å²) in [5, 5.41) is 12.2. The summed E-state index contributed by atoms with van der Waals surface area (Å²) in [6, 6.07) is 3.82. The van der Waals surface area contributed by atoms with Crippen molar-refractivity contribution in [1.82, 2.24) is 10.3 Å². The molecule has 1 aromatic heterocycles. The lowest BCUT2D eigenvalue weighted by Gasteiger charge is -2.23. The summed E-state index contributed by atoms with van der Waals surface area (Å²) in [7, 11) is 0. The molecule has 4 atom stereocenters. The summed E-state index contributed by atoms with van der Waals surface area (Å²) in [6.45, 7) is 0.521. The fourth-order valence-electron chi connectivity index (χ4n) is 3.51. The van der Waals surface area contributed by atoms with Gasteiger partial charge in [0.2, 0.25) is 5.91 Å². The zero-order valence-corrected chi connectivity index (χ0v) is 11.6. The Hall–Kier alpha value is -2.17. The Morgan fingerprint density at radius 2 is 1.86 bits per heavy atom. The van der Waals surface area contributed by atoms with Gasteiger partial charge < -0.3 is 10.4 Å². The van der Waals surface area contributed by atoms with Gasteiger partial charge in [0.15, 0.2) is 0 Å². The molecule has 21 heavy (non-hydrogen) atoms. The highest BCUT2D eigenvalue weighted by atomic mass is 16.4. The van der Waals surface area contributed by atoms with Crippen molar-refractivity contribution in [3.63, 3.8) is 0 Å². The van der Waals surface area contributed by atoms with Crippen LogP contribution in [0, 0.1) is 23.7 Å². The second-order valence-electron chi connectivity index (χ2n) is 5.73. The Balaban J connectivity index is 1.58. The molecule has 5 nitrogen and oxygen atoms in total. The lowest BCUT2D eigenvalue weighted by molar-refractivity contribution is -0.147. The summed E-state index contributed by atoms with van der Waals surface area (Å²) in [5.74, 6) is -1.88. The zero-order valence-electron chi connectivity index (χ0n) is 11.6. The number of hydrogen-bond donors (Lipinski definition) is 2. The number of aromatic nitrogens is 1. The van der Waals surface area contributed by atoms with Crippen molar-refractivity contribution in [2.45, 2.75) is 12.8 Å². The van der Waals surface area contributed by atoms with Crippen LogP contribution in [-0.4, -0.2) is 28.5 Å². The molecule has 0 aliphatic heterocycles. The molecule has 1 saturated carbocycles. The number of carboxylic acids is 1. The van der Waals surface area contributed by atoms with Gasteiger partial charge in [0, 0.05) is 18.9 Å². The highest BCUT2D eigenvalue weighted by Crippen LogP contribution is 2.48. The van der Waals surface area contributed by atoms with Gasteiger partial charge in [0.05, 0.1) is 11.8 Å². The molecule has 0 saturated heterocycles. The van der Waals surface area contributed by atoms with Crippen molar-refractivity contribution >= 4 is 11.9 Å². The van der Waals surface area contributed by atoms with E-state index in [-0.39, 0.29) is 17.7 Å². The van der Waals surface area contributed by atoms with Gasteiger partial charge in [-0.2, -0.15) is 0 Å². The Morgan fingerprint density at radius 1 is 1.19 bits per heavy atom. The van der Waals surface area contributed by atoms with Crippen molar-refractivity contribution in [1.29, 1.82) is 0 Å². The third-order valence-corrected chi connectivity index (χ3v) is 4.51. The Kier molecular flexibility index (Phi) is 3.73. The average molecular weight is 286 g/mol. The van der Waals surface area contributed by atoms with Crippen LogP contribution in [0.15, 0.2) is 36.7 Å². The molecule has 0 unspecified atom stereocenters. The molecule has 1 heterocycles. The van der Waals surface area contributed by atoms with Crippen LogP contribution in [-0.2, 0) is 16.0 Å². The summed E-state index contributed by atoms with van der Waals surface area (Å²) in [4.78, 5) is 27.6. The number of pyridine rings is 1. The zero-order chi connectivity index (χ0) is 14.8. The van der Waals surface area contributed by atoms with Gasteiger partial charge in [-0.15, -0.1) is 0 Å². The van der Waals surface area contributed by atoms with E-state index in [1.54, 1.807) is 12.4 Å². The van der Waals surface area contributed by atoms with E-state index in [1.807, 2.05) is 24.3 Å². The normalized spacial score (nSPS) is 29.5. The van der Waals surface area contributed by atoms with E-state index < -0.39 is 17.8 Å². The first-order valence-electron chi connectivity index (χ1n) is 7.24. The molecule has 110 valence electrons. The van der Waals surface area contributed by atoms with Crippen molar-refractivity contribution in [3.05, 3.63) is 42.2 Å². The standard InChI is InChI=1S/C16H18N2O3/c19-15(18-8-5-10-3-6-17-7-4-10)13-11-1-2-12(9-11)14(13)16(20)21/h1-4,6-7,11-14H,5,8-9H2,(H,18,19)(H,20,21)/t11-,12+,13+,14+/m0/s1. The second kappa shape index (κ2) is 5.68. The van der Waals surface area contributed by atoms with Crippen LogP contribution >= 0.6 is 0 Å². The molecule has 1 amide bonds. The molecule has 1 fully saturated rings. The Bertz CT molecular complexity index is 570. The van der Waals surface area contributed by atoms with E-state index in [0.29, 0.717) is 6.54 Å². The average Bonchev–Trinajstić information content (AvgIpc) is 3.08. The SMILES string of the molecule is O=C(O)[C@H]1[C@H](C(=O)NCCc2ccncc2)[C@H]2C=C[C@@H]1C2. The molecule has 5 heteroatoms. The number of carboxylic acid groups (broad SMARTS) is 1. The lowest BCUT2D eigenvalue weighted by atomic mass is 9.82. The van der Waals surface area contributed by atoms with Crippen molar-refractivity contribution in [2.24, 2.45) is 23.7 Å². The van der Waals surface area contributed by atoms with E-state index in [0.717, 1.165) is 18.4 Å². The third-order valence-electron chi connectivity index (χ3n) is 4.51. The lowest BCUT2D eigenvalue weighted by Crippen LogP contribution is -2.40. The van der Waals surface area contributed by atoms with Gasteiger partial charge in [0.25, 0.3) is 0 Å². The Morgan fingerprint density at radius 3 is 2.52 bits per heavy atom. The number of carbonyl (C=O) groups is 2. The molecule has 0 radical (unpaired) electrons. The molecular formula is C16H18N2O3. The molecule has 2 N–H and O–H groups in total. The highest BCUT2D eigenvalue weighted by Gasteiger charge is 2.51. The summed E-state index contributed by atoms with van der Waals surface area (Å²) in [6.07, 6.45) is 8.90. The highest BCUT2D eigenvalue weighted by molar-refractivity contribution is 5.86. The van der Waals surface area contributed by atoms with E-state index in [4.69, 9.17) is 0 Å². The van der Waals surface area contributed by atoms with Gasteiger partial charge in [-0.1, -0.05) is 12.2 Å². The number of rotatable bonds is 5. The van der Waals surface area contributed by atoms with E-state index in [9.17, 15) is 14.7 Å². The van der Waals surface area contributed by atoms with Crippen LogP contribution < -0.4 is 5.32 Å². The molecule has 3 rings (SSSR count). The predicted molar refractivity (Wildman–Crippen MR) is 76.3 cm³/mol. The second-order valence-corrected chi connectivity index (χ2v) is 5.73. The van der Waals surface area contributed by atoms with Crippen molar-refractivity contribution < 1.29 is 14.7 Å². The minimum Gasteiger partial charge on any atom is -0.481 e. The first-order chi connectivity index (χ1) is 10.2. The van der Waals surface area contributed by atoms with Crippen LogP contribution in [0.5, 0.6) is 0 Å². The molecule has 0 spiro atoms. The minimum atomic E-state index is -0.860. The number of amides is 1. The van der Waals surface area contributed by atoms with Crippen LogP contribution in [0.3, 0.4) is 0 Å². The number of fused-ring (bicyclic) bond motifs is 2. The predicted octanol–water partition coefficient (Wildman–Crippen LogP) is 1.26. The van der Waals surface area contributed by atoms with Crippen LogP contribution in [0.1, 0.15) is 12.0 Å². The number of hydrogen-bond acceptors (Lipinski definition) is 3. The maximum absolute atomic E-state index is 12.3. The van der Waals surface area contributed by atoms with Gasteiger partial charge in [-0.25, -0.2) is 0 Å². The Labute approximate surface area is 123 Å². The maximum atomic E-state index is 12.3. The van der Waals surface area contributed by atoms with E-state index in [2.05, 4.69) is 10.3 Å². The summed E-state index contributed by atoms with van der Waals surface area (Å²) >= 11 is 0. The third kappa shape index (κ3) is 2.68. The van der Waals surface area contributed by atoms with Gasteiger partial charge >= 0.3 is 5.97 Å². The fourth-order valence-corrected chi connectivity index (χ4v) is 3.51. The van der Waals surface area contributed by atoms with Gasteiger partial charge in [-0.05, 0) is 42.4 Å². The molecule has 2 aliphatic carbocycles. The molecular weight excluding hydrogens is 268 g/mol. The fraction of sp³-hybridized carbons (Fsp3) is 0.438. The number of allylic oxidation sites excluding steroid dienone is 2. The van der Waals surface area contributed by atoms with Crippen LogP contribution in [0.4, 0.5) is 0 Å². The van der Waals surface area contributed by atoms with Crippen LogP contribution in [0.25, 0.3) is 0 Å². The van der Waals surface area contributed by atoms with Crippen molar-refractivity contribution in [3.8, 4) is 0 Å². The minimum absolute atomic E-state index is 0.0171. The topological polar surface area (TPSA) is 79.3 Å². The van der Waals surface area contributed by atoms with Gasteiger partial charge in [0.1, 0.15) is 0 Å². The first-order valence-corrected chi connectivity index (χ1v) is 7.24. The monoisotopic (exact) mass is 286 g/mol. The smallest absolute Gasteiger partial charge is 0.307 e. The maximum Gasteiger partial charge on any atom is 0.307 e. The molecule has 2 aliphatic rings. The van der Waals surface area contributed by atoms with E-state index >= 15 is 0 Å². The quantitative estimate of drug-likeness (QED) is 0.799. The molecule has 0 aromatic carbocycles. The number of nitrogens with one attached hydrogen (secondary N) is 1. The van der Waals surface area contributed by atoms with E-state index in [1.165, 1.54) is 0 Å². The van der Waals surface area contributed by atoms with Crippen molar-refractivity contribution in [2.75, 3.05) is 6.54 Å². The van der Waals surface area contributed by atoms with Crippen LogP contribution in [0.2, 0.25) is 0 Å². The summed E-state index contributed by atoms with van der Waals surface area (Å²) < 4.78 is 0.